The van der Waals surface area contributed by atoms with Crippen LogP contribution in [-0.4, -0.2) is 86.0 Å². The van der Waals surface area contributed by atoms with E-state index in [1.807, 2.05) is 42.5 Å². The number of hydrogen-bond donors (Lipinski definition) is 4. The van der Waals surface area contributed by atoms with Crippen molar-refractivity contribution < 1.29 is 27.4 Å². The summed E-state index contributed by atoms with van der Waals surface area (Å²) in [6.45, 7) is 4.11. The summed E-state index contributed by atoms with van der Waals surface area (Å²) in [5.74, 6) is -0.830. The van der Waals surface area contributed by atoms with Crippen molar-refractivity contribution in [1.82, 2.24) is 14.8 Å². The van der Waals surface area contributed by atoms with E-state index < -0.39 is 24.6 Å². The van der Waals surface area contributed by atoms with E-state index in [0.29, 0.717) is 11.5 Å². The van der Waals surface area contributed by atoms with Gasteiger partial charge in [0.25, 0.3) is 0 Å². The molecule has 10 heteroatoms. The number of aromatic nitrogens is 3. The van der Waals surface area contributed by atoms with Gasteiger partial charge in [0.05, 0.1) is 35.7 Å². The first-order valence-electron chi connectivity index (χ1n) is 13.2. The second-order valence-electron chi connectivity index (χ2n) is 9.68. The van der Waals surface area contributed by atoms with E-state index in [4.69, 9.17) is 10.2 Å². The fourth-order valence-corrected chi connectivity index (χ4v) is 4.38. The Labute approximate surface area is 271 Å². The summed E-state index contributed by atoms with van der Waals surface area (Å²) in [5, 5.41) is 37.7. The number of carboxylic acids is 1. The number of nitrogens with zero attached hydrogens (tertiary/aromatic N) is 3. The molecule has 0 saturated heterocycles. The van der Waals surface area contributed by atoms with E-state index >= 15 is 0 Å². The average molecular weight is 587 g/mol. The molecule has 1 unspecified atom stereocenters. The van der Waals surface area contributed by atoms with Gasteiger partial charge in [0.2, 0.25) is 0 Å². The Balaban J connectivity index is 0.00000308. The minimum atomic E-state index is -1.18. The second kappa shape index (κ2) is 15.2. The van der Waals surface area contributed by atoms with Gasteiger partial charge in [-0.25, -0.2) is 14.1 Å². The predicted octanol–water partition coefficient (Wildman–Crippen LogP) is 5.77. The minimum Gasteiger partial charge on any atom is -1.00 e. The van der Waals surface area contributed by atoms with Crippen molar-refractivity contribution in [3.8, 4) is 16.9 Å². The molecule has 2 aromatic heterocycles. The van der Waals surface area contributed by atoms with Crippen LogP contribution >= 0.6 is 0 Å². The van der Waals surface area contributed by atoms with Crippen LogP contribution in [0.25, 0.3) is 23.0 Å². The van der Waals surface area contributed by atoms with Gasteiger partial charge in [-0.1, -0.05) is 44.2 Å². The Hall–Kier alpha value is -3.08. The summed E-state index contributed by atoms with van der Waals surface area (Å²) in [4.78, 5) is 15.4. The van der Waals surface area contributed by atoms with Crippen LogP contribution in [0.3, 0.4) is 0 Å². The van der Waals surface area contributed by atoms with Crippen LogP contribution in [0.15, 0.2) is 79.0 Å². The number of rotatable bonds is 12. The van der Waals surface area contributed by atoms with Crippen LogP contribution in [0.2, 0.25) is 0 Å². The van der Waals surface area contributed by atoms with Crippen LogP contribution in [0.1, 0.15) is 53.1 Å². The number of carboxylic acid groups (broad SMARTS) is 1. The molecule has 2 heterocycles. The Morgan fingerprint density at radius 3 is 2.49 bits per heavy atom. The quantitative estimate of drug-likeness (QED) is 0.156. The Kier molecular flexibility index (Phi) is 12.1. The zero-order valence-electron chi connectivity index (χ0n) is 25.1. The molecule has 0 aliphatic rings. The van der Waals surface area contributed by atoms with Crippen molar-refractivity contribution in [3.63, 3.8) is 0 Å². The molecule has 212 valence electrons. The van der Waals surface area contributed by atoms with E-state index in [0.717, 1.165) is 34.6 Å². The Morgan fingerprint density at radius 2 is 1.83 bits per heavy atom. The third kappa shape index (κ3) is 8.70. The predicted molar refractivity (Wildman–Crippen MR) is 161 cm³/mol. The SMILES string of the molecule is CCC(C)c1nn(-c2ccnc(Nc3ccccc3)c2)c(-c2ccc(F)cc2)c1C=C[C@@H](O)C[C@@H](O)CC(=O)O.[Ca+2].[H-].[H-]. The molecule has 4 N–H and O–H groups in total. The largest absolute Gasteiger partial charge is 2.00 e. The summed E-state index contributed by atoms with van der Waals surface area (Å²) >= 11 is 0. The monoisotopic (exact) mass is 586 g/mol. The molecule has 41 heavy (non-hydrogen) atoms. The van der Waals surface area contributed by atoms with E-state index in [9.17, 15) is 19.4 Å². The van der Waals surface area contributed by atoms with Crippen molar-refractivity contribution >= 4 is 61.3 Å². The average Bonchev–Trinajstić information content (AvgIpc) is 3.31. The van der Waals surface area contributed by atoms with Gasteiger partial charge in [-0.2, -0.15) is 5.10 Å². The number of nitrogens with one attached hydrogen (secondary N) is 1. The maximum Gasteiger partial charge on any atom is 2.00 e. The van der Waals surface area contributed by atoms with E-state index in [-0.39, 0.29) is 58.7 Å². The van der Waals surface area contributed by atoms with E-state index in [2.05, 4.69) is 24.1 Å². The molecule has 0 aliphatic carbocycles. The summed E-state index contributed by atoms with van der Waals surface area (Å²) < 4.78 is 15.7. The minimum absolute atomic E-state index is 0. The topological polar surface area (TPSA) is 121 Å². The zero-order valence-corrected chi connectivity index (χ0v) is 25.3. The molecular formula is C31H35CaFN4O4. The van der Waals surface area contributed by atoms with Crippen LogP contribution in [0.5, 0.6) is 0 Å². The summed E-state index contributed by atoms with van der Waals surface area (Å²) in [5.41, 5.74) is 4.55. The molecule has 4 aromatic rings. The number of carbonyl (C=O) groups is 1. The van der Waals surface area contributed by atoms with Gasteiger partial charge in [-0.05, 0) is 48.9 Å². The van der Waals surface area contributed by atoms with Gasteiger partial charge < -0.3 is 23.5 Å². The third-order valence-electron chi connectivity index (χ3n) is 6.59. The van der Waals surface area contributed by atoms with Crippen molar-refractivity contribution in [2.45, 2.75) is 51.2 Å². The Bertz CT molecular complexity index is 1470. The van der Waals surface area contributed by atoms with Gasteiger partial charge in [0.15, 0.2) is 0 Å². The van der Waals surface area contributed by atoms with Crippen molar-refractivity contribution in [3.05, 3.63) is 96.1 Å². The first kappa shape index (κ1) is 32.4. The van der Waals surface area contributed by atoms with Crippen LogP contribution in [0.4, 0.5) is 15.9 Å². The summed E-state index contributed by atoms with van der Waals surface area (Å²) in [6.07, 6.45) is 2.92. The third-order valence-corrected chi connectivity index (χ3v) is 6.59. The molecule has 4 rings (SSSR count). The van der Waals surface area contributed by atoms with Gasteiger partial charge in [-0.3, -0.25) is 4.79 Å². The van der Waals surface area contributed by atoms with Gasteiger partial charge >= 0.3 is 43.7 Å². The smallest absolute Gasteiger partial charge is 1.00 e. The molecule has 0 amide bonds. The fraction of sp³-hybridized carbons (Fsp3) is 0.258. The molecule has 0 spiro atoms. The first-order chi connectivity index (χ1) is 19.2. The molecule has 0 saturated carbocycles. The van der Waals surface area contributed by atoms with Crippen molar-refractivity contribution in [2.24, 2.45) is 0 Å². The maximum absolute atomic E-state index is 13.9. The number of aliphatic hydroxyl groups is 2. The van der Waals surface area contributed by atoms with Crippen molar-refractivity contribution in [1.29, 1.82) is 0 Å². The van der Waals surface area contributed by atoms with Gasteiger partial charge in [0, 0.05) is 41.4 Å². The Morgan fingerprint density at radius 1 is 1.12 bits per heavy atom. The number of benzene rings is 2. The summed E-state index contributed by atoms with van der Waals surface area (Å²) in [6, 6.07) is 19.5. The van der Waals surface area contributed by atoms with Crippen LogP contribution < -0.4 is 5.32 Å². The van der Waals surface area contributed by atoms with Gasteiger partial charge in [-0.15, -0.1) is 0 Å². The van der Waals surface area contributed by atoms with Crippen molar-refractivity contribution in [2.75, 3.05) is 5.32 Å². The molecule has 8 nitrogen and oxygen atoms in total. The standard InChI is InChI=1S/C31H33FN4O4.Ca.2H/c1-3-20(2)30-27(14-13-25(37)18-26(38)19-29(39)40)31(21-9-11-22(32)12-10-21)36(35-30)24-15-16-33-28(17-24)34-23-7-5-4-6-8-23;;;/h4-17,20,25-26,37-38H,3,18-19H2,1-2H3,(H,33,34)(H,39,40);;;/q;+2;2*-1/t20?,25-,26-;;;/m1.../s1. The number of halogens is 1. The summed E-state index contributed by atoms with van der Waals surface area (Å²) in [7, 11) is 0. The molecule has 2 aromatic carbocycles. The number of hydrogen-bond acceptors (Lipinski definition) is 6. The zero-order chi connectivity index (χ0) is 28.6. The number of anilines is 2. The molecular weight excluding hydrogens is 551 g/mol. The molecule has 0 radical (unpaired) electrons. The molecule has 0 fully saturated rings. The molecule has 0 bridgehead atoms. The second-order valence-corrected chi connectivity index (χ2v) is 9.68. The number of para-hydroxylation sites is 1. The van der Waals surface area contributed by atoms with E-state index in [1.165, 1.54) is 18.2 Å². The number of pyridine rings is 1. The van der Waals surface area contributed by atoms with Crippen LogP contribution in [0, 0.1) is 5.82 Å². The molecule has 3 atom stereocenters. The van der Waals surface area contributed by atoms with E-state index in [1.54, 1.807) is 29.1 Å². The normalized spacial score (nSPS) is 13.4. The molecule has 0 aliphatic heterocycles. The van der Waals surface area contributed by atoms with Gasteiger partial charge in [0.1, 0.15) is 11.6 Å². The maximum atomic E-state index is 13.9. The fourth-order valence-electron chi connectivity index (χ4n) is 4.38. The first-order valence-corrected chi connectivity index (χ1v) is 13.2. The number of aliphatic hydroxyl groups excluding tert-OH is 2. The number of aliphatic carboxylic acids is 1. The van der Waals surface area contributed by atoms with Crippen LogP contribution in [-0.2, 0) is 4.79 Å².